The standard InChI is InChI=1S/C14H20Cl2N2O/c1-10(9-17)2-5-14(19)18-7-6-11-3-4-12(15)8-13(11)16/h3-4,8,10H,2,5-7,9,17H2,1H3,(H,18,19). The number of amides is 1. The van der Waals surface area contributed by atoms with Gasteiger partial charge in [-0.3, -0.25) is 4.79 Å². The number of hydrogen-bond donors (Lipinski definition) is 2. The smallest absolute Gasteiger partial charge is 0.220 e. The molecule has 0 saturated heterocycles. The van der Waals surface area contributed by atoms with Crippen LogP contribution in [-0.4, -0.2) is 19.0 Å². The van der Waals surface area contributed by atoms with E-state index in [1.54, 1.807) is 12.1 Å². The SMILES string of the molecule is CC(CN)CCC(=O)NCCc1ccc(Cl)cc1Cl. The second kappa shape index (κ2) is 8.41. The fourth-order valence-corrected chi connectivity index (χ4v) is 2.15. The molecule has 0 heterocycles. The Balaban J connectivity index is 2.28. The predicted molar refractivity (Wildman–Crippen MR) is 80.6 cm³/mol. The van der Waals surface area contributed by atoms with E-state index in [-0.39, 0.29) is 5.91 Å². The molecule has 1 unspecified atom stereocenters. The maximum absolute atomic E-state index is 11.6. The van der Waals surface area contributed by atoms with Gasteiger partial charge in [-0.2, -0.15) is 0 Å². The number of benzene rings is 1. The van der Waals surface area contributed by atoms with E-state index >= 15 is 0 Å². The van der Waals surface area contributed by atoms with Crippen molar-refractivity contribution in [2.75, 3.05) is 13.1 Å². The van der Waals surface area contributed by atoms with Crippen LogP contribution in [0.3, 0.4) is 0 Å². The molecule has 3 N–H and O–H groups in total. The van der Waals surface area contributed by atoms with Crippen LogP contribution in [0.15, 0.2) is 18.2 Å². The van der Waals surface area contributed by atoms with Crippen molar-refractivity contribution >= 4 is 29.1 Å². The summed E-state index contributed by atoms with van der Waals surface area (Å²) < 4.78 is 0. The van der Waals surface area contributed by atoms with Gasteiger partial charge in [0.15, 0.2) is 0 Å². The van der Waals surface area contributed by atoms with Crippen molar-refractivity contribution in [3.63, 3.8) is 0 Å². The number of nitrogens with one attached hydrogen (secondary N) is 1. The summed E-state index contributed by atoms with van der Waals surface area (Å²) in [6, 6.07) is 5.39. The number of carbonyl (C=O) groups is 1. The summed E-state index contributed by atoms with van der Waals surface area (Å²) >= 11 is 11.9. The van der Waals surface area contributed by atoms with E-state index in [1.807, 2.05) is 13.0 Å². The Bertz CT molecular complexity index is 424. The number of carbonyl (C=O) groups excluding carboxylic acids is 1. The Kier molecular flexibility index (Phi) is 7.21. The van der Waals surface area contributed by atoms with Gasteiger partial charge in [-0.15, -0.1) is 0 Å². The normalized spacial score (nSPS) is 12.2. The number of rotatable bonds is 7. The highest BCUT2D eigenvalue weighted by Gasteiger charge is 2.06. The molecule has 0 fully saturated rings. The van der Waals surface area contributed by atoms with Crippen LogP contribution in [0, 0.1) is 5.92 Å². The topological polar surface area (TPSA) is 55.1 Å². The molecular formula is C14H20Cl2N2O. The molecule has 0 aliphatic rings. The van der Waals surface area contributed by atoms with Crippen molar-refractivity contribution in [1.82, 2.24) is 5.32 Å². The van der Waals surface area contributed by atoms with Gasteiger partial charge in [-0.25, -0.2) is 0 Å². The summed E-state index contributed by atoms with van der Waals surface area (Å²) in [5.41, 5.74) is 6.49. The van der Waals surface area contributed by atoms with Crippen molar-refractivity contribution in [3.05, 3.63) is 33.8 Å². The lowest BCUT2D eigenvalue weighted by Crippen LogP contribution is -2.26. The largest absolute Gasteiger partial charge is 0.356 e. The van der Waals surface area contributed by atoms with Gasteiger partial charge in [-0.05, 0) is 43.0 Å². The average Bonchev–Trinajstić information content (AvgIpc) is 2.38. The van der Waals surface area contributed by atoms with Crippen LogP contribution in [0.2, 0.25) is 10.0 Å². The quantitative estimate of drug-likeness (QED) is 0.813. The summed E-state index contributed by atoms with van der Waals surface area (Å²) in [4.78, 5) is 11.6. The molecule has 106 valence electrons. The molecule has 19 heavy (non-hydrogen) atoms. The molecule has 1 rings (SSSR count). The van der Waals surface area contributed by atoms with Crippen LogP contribution >= 0.6 is 23.2 Å². The first-order valence-corrected chi connectivity index (χ1v) is 7.19. The summed E-state index contributed by atoms with van der Waals surface area (Å²) in [6.07, 6.45) is 2.05. The Morgan fingerprint density at radius 3 is 2.79 bits per heavy atom. The van der Waals surface area contributed by atoms with Gasteiger partial charge >= 0.3 is 0 Å². The van der Waals surface area contributed by atoms with Crippen LogP contribution in [0.1, 0.15) is 25.3 Å². The highest BCUT2D eigenvalue weighted by molar-refractivity contribution is 6.35. The first-order valence-electron chi connectivity index (χ1n) is 6.43. The Hall–Kier alpha value is -0.770. The lowest BCUT2D eigenvalue weighted by Gasteiger charge is -2.09. The third-order valence-corrected chi connectivity index (χ3v) is 3.59. The van der Waals surface area contributed by atoms with Crippen molar-refractivity contribution in [1.29, 1.82) is 0 Å². The van der Waals surface area contributed by atoms with Gasteiger partial charge in [0.25, 0.3) is 0 Å². The van der Waals surface area contributed by atoms with Gasteiger partial charge < -0.3 is 11.1 Å². The Morgan fingerprint density at radius 1 is 1.42 bits per heavy atom. The second-order valence-corrected chi connectivity index (χ2v) is 5.56. The van der Waals surface area contributed by atoms with Crippen LogP contribution in [-0.2, 0) is 11.2 Å². The number of hydrogen-bond acceptors (Lipinski definition) is 2. The van der Waals surface area contributed by atoms with E-state index in [2.05, 4.69) is 5.32 Å². The Labute approximate surface area is 124 Å². The molecule has 1 aromatic rings. The van der Waals surface area contributed by atoms with Gasteiger partial charge in [0.2, 0.25) is 5.91 Å². The third-order valence-electron chi connectivity index (χ3n) is 3.00. The van der Waals surface area contributed by atoms with Crippen molar-refractivity contribution in [2.24, 2.45) is 11.7 Å². The molecule has 0 aliphatic heterocycles. The number of halogens is 2. The molecular weight excluding hydrogens is 283 g/mol. The maximum Gasteiger partial charge on any atom is 0.220 e. The van der Waals surface area contributed by atoms with Gasteiger partial charge in [-0.1, -0.05) is 36.2 Å². The molecule has 0 bridgehead atoms. The first kappa shape index (κ1) is 16.3. The van der Waals surface area contributed by atoms with E-state index in [0.29, 0.717) is 41.9 Å². The highest BCUT2D eigenvalue weighted by atomic mass is 35.5. The van der Waals surface area contributed by atoms with Crippen molar-refractivity contribution in [2.45, 2.75) is 26.2 Å². The molecule has 5 heteroatoms. The molecule has 1 amide bonds. The van der Waals surface area contributed by atoms with Crippen molar-refractivity contribution < 1.29 is 4.79 Å². The van der Waals surface area contributed by atoms with Crippen LogP contribution in [0.5, 0.6) is 0 Å². The molecule has 0 saturated carbocycles. The fraction of sp³-hybridized carbons (Fsp3) is 0.500. The molecule has 0 spiro atoms. The Morgan fingerprint density at radius 2 is 2.16 bits per heavy atom. The average molecular weight is 303 g/mol. The summed E-state index contributed by atoms with van der Waals surface area (Å²) in [7, 11) is 0. The zero-order valence-electron chi connectivity index (χ0n) is 11.1. The summed E-state index contributed by atoms with van der Waals surface area (Å²) in [5, 5.41) is 4.14. The highest BCUT2D eigenvalue weighted by Crippen LogP contribution is 2.21. The minimum atomic E-state index is 0.0605. The second-order valence-electron chi connectivity index (χ2n) is 4.72. The van der Waals surface area contributed by atoms with E-state index < -0.39 is 0 Å². The van der Waals surface area contributed by atoms with Crippen LogP contribution < -0.4 is 11.1 Å². The molecule has 0 radical (unpaired) electrons. The molecule has 0 aromatic heterocycles. The van der Waals surface area contributed by atoms with E-state index in [1.165, 1.54) is 0 Å². The summed E-state index contributed by atoms with van der Waals surface area (Å²) in [5.74, 6) is 0.446. The lowest BCUT2D eigenvalue weighted by atomic mass is 10.1. The monoisotopic (exact) mass is 302 g/mol. The first-order chi connectivity index (χ1) is 9.02. The summed E-state index contributed by atoms with van der Waals surface area (Å²) in [6.45, 7) is 3.24. The minimum absolute atomic E-state index is 0.0605. The minimum Gasteiger partial charge on any atom is -0.356 e. The van der Waals surface area contributed by atoms with E-state index in [9.17, 15) is 4.79 Å². The fourth-order valence-electron chi connectivity index (χ4n) is 1.64. The van der Waals surface area contributed by atoms with Gasteiger partial charge in [0.05, 0.1) is 0 Å². The maximum atomic E-state index is 11.6. The van der Waals surface area contributed by atoms with Gasteiger partial charge in [0, 0.05) is 23.0 Å². The predicted octanol–water partition coefficient (Wildman–Crippen LogP) is 3.03. The van der Waals surface area contributed by atoms with Crippen LogP contribution in [0.4, 0.5) is 0 Å². The number of nitrogens with two attached hydrogens (primary N) is 1. The zero-order valence-corrected chi connectivity index (χ0v) is 12.6. The third kappa shape index (κ3) is 6.28. The molecule has 0 aliphatic carbocycles. The molecule has 3 nitrogen and oxygen atoms in total. The van der Waals surface area contributed by atoms with Crippen molar-refractivity contribution in [3.8, 4) is 0 Å². The molecule has 1 aromatic carbocycles. The van der Waals surface area contributed by atoms with E-state index in [0.717, 1.165) is 12.0 Å². The molecule has 1 atom stereocenters. The van der Waals surface area contributed by atoms with Gasteiger partial charge in [0.1, 0.15) is 0 Å². The van der Waals surface area contributed by atoms with E-state index in [4.69, 9.17) is 28.9 Å². The zero-order chi connectivity index (χ0) is 14.3. The lowest BCUT2D eigenvalue weighted by molar-refractivity contribution is -0.121. The van der Waals surface area contributed by atoms with Crippen LogP contribution in [0.25, 0.3) is 0 Å².